The van der Waals surface area contributed by atoms with E-state index in [9.17, 15) is 9.59 Å². The van der Waals surface area contributed by atoms with E-state index in [1.54, 1.807) is 6.92 Å². The van der Waals surface area contributed by atoms with Crippen molar-refractivity contribution in [2.75, 3.05) is 40.3 Å². The molecular formula is C38H80N2O2. The predicted octanol–water partition coefficient (Wildman–Crippen LogP) is 11.3. The molecule has 0 aliphatic carbocycles. The zero-order valence-corrected chi connectivity index (χ0v) is 30.5. The number of nitrogens with zero attached hydrogens (tertiary/aromatic N) is 2. The van der Waals surface area contributed by atoms with Gasteiger partial charge in [-0.2, -0.15) is 0 Å². The minimum atomic E-state index is 0.347. The maximum Gasteiger partial charge on any atom is 0.129 e. The van der Waals surface area contributed by atoms with Gasteiger partial charge >= 0.3 is 0 Å². The molecule has 0 aliphatic heterocycles. The van der Waals surface area contributed by atoms with E-state index < -0.39 is 0 Å². The molecule has 42 heavy (non-hydrogen) atoms. The first-order valence-electron chi connectivity index (χ1n) is 18.7. The topological polar surface area (TPSA) is 40.6 Å². The summed E-state index contributed by atoms with van der Waals surface area (Å²) in [6.07, 6.45) is 31.3. The molecule has 254 valence electrons. The normalized spacial score (nSPS) is 11.6. The van der Waals surface area contributed by atoms with Crippen LogP contribution in [0.15, 0.2) is 0 Å². The van der Waals surface area contributed by atoms with Crippen molar-refractivity contribution in [3.8, 4) is 0 Å². The van der Waals surface area contributed by atoms with E-state index in [1.807, 2.05) is 20.8 Å². The molecule has 1 atom stereocenters. The summed E-state index contributed by atoms with van der Waals surface area (Å²) in [6, 6.07) is 0. The molecule has 0 aromatic rings. The van der Waals surface area contributed by atoms with E-state index >= 15 is 0 Å². The molecule has 0 amide bonds. The van der Waals surface area contributed by atoms with Gasteiger partial charge in [-0.3, -0.25) is 0 Å². The minimum absolute atomic E-state index is 0.347. The summed E-state index contributed by atoms with van der Waals surface area (Å²) in [4.78, 5) is 25.3. The maximum atomic E-state index is 11.0. The van der Waals surface area contributed by atoms with Gasteiger partial charge in [-0.05, 0) is 72.3 Å². The van der Waals surface area contributed by atoms with Crippen molar-refractivity contribution in [3.05, 3.63) is 0 Å². The molecule has 0 aromatic carbocycles. The molecule has 4 heteroatoms. The largest absolute Gasteiger partial charge is 0.309 e. The Labute approximate surface area is 266 Å². The van der Waals surface area contributed by atoms with Gasteiger partial charge in [0.2, 0.25) is 0 Å². The lowest BCUT2D eigenvalue weighted by atomic mass is 10.0. The van der Waals surface area contributed by atoms with Crippen LogP contribution in [0.5, 0.6) is 0 Å². The van der Waals surface area contributed by atoms with Gasteiger partial charge in [0.05, 0.1) is 0 Å². The molecule has 0 aromatic heterocycles. The highest BCUT2D eigenvalue weighted by Crippen LogP contribution is 2.14. The highest BCUT2D eigenvalue weighted by Gasteiger charge is 2.09. The molecule has 0 heterocycles. The minimum Gasteiger partial charge on any atom is -0.309 e. The van der Waals surface area contributed by atoms with Gasteiger partial charge in [-0.1, -0.05) is 144 Å². The van der Waals surface area contributed by atoms with Crippen molar-refractivity contribution in [1.82, 2.24) is 9.80 Å². The van der Waals surface area contributed by atoms with E-state index in [4.69, 9.17) is 0 Å². The van der Waals surface area contributed by atoms with Crippen molar-refractivity contribution in [2.24, 2.45) is 5.92 Å². The van der Waals surface area contributed by atoms with Crippen LogP contribution < -0.4 is 0 Å². The molecule has 0 radical (unpaired) electrons. The van der Waals surface area contributed by atoms with Gasteiger partial charge in [0, 0.05) is 19.4 Å². The molecular weight excluding hydrogens is 516 g/mol. The van der Waals surface area contributed by atoms with E-state index in [1.165, 1.54) is 155 Å². The van der Waals surface area contributed by atoms with E-state index in [-0.39, 0.29) is 0 Å². The smallest absolute Gasteiger partial charge is 0.129 e. The van der Waals surface area contributed by atoms with Gasteiger partial charge in [0.15, 0.2) is 0 Å². The summed E-state index contributed by atoms with van der Waals surface area (Å²) in [5.74, 6) is 1.13. The lowest BCUT2D eigenvalue weighted by Gasteiger charge is -2.25. The quantitative estimate of drug-likeness (QED) is 0.0611. The van der Waals surface area contributed by atoms with Crippen molar-refractivity contribution >= 4 is 12.1 Å². The van der Waals surface area contributed by atoms with Crippen molar-refractivity contribution in [1.29, 1.82) is 0 Å². The third-order valence-electron chi connectivity index (χ3n) is 7.86. The summed E-state index contributed by atoms with van der Waals surface area (Å²) in [7, 11) is 4.40. The Bertz CT molecular complexity index is 509. The van der Waals surface area contributed by atoms with Crippen LogP contribution in [0.2, 0.25) is 0 Å². The summed E-state index contributed by atoms with van der Waals surface area (Å²) < 4.78 is 0. The summed E-state index contributed by atoms with van der Waals surface area (Å²) >= 11 is 0. The summed E-state index contributed by atoms with van der Waals surface area (Å²) in [5, 5.41) is 0. The van der Waals surface area contributed by atoms with Gasteiger partial charge in [-0.15, -0.1) is 0 Å². The SMILES string of the molecule is CC.CCC=O.CCCCCCCCCCCCCN(CCCCCCCCCCCC(C)=O)CCC(C)CN(C)C. The zero-order chi connectivity index (χ0) is 32.1. The first kappa shape index (κ1) is 45.7. The van der Waals surface area contributed by atoms with Gasteiger partial charge < -0.3 is 19.4 Å². The molecule has 1 unspecified atom stereocenters. The number of hydrogen-bond donors (Lipinski definition) is 0. The molecule has 4 nitrogen and oxygen atoms in total. The molecule has 0 N–H and O–H groups in total. The number of aldehydes is 1. The van der Waals surface area contributed by atoms with Crippen molar-refractivity contribution in [2.45, 2.75) is 189 Å². The highest BCUT2D eigenvalue weighted by molar-refractivity contribution is 5.75. The van der Waals surface area contributed by atoms with Crippen LogP contribution in [0.3, 0.4) is 0 Å². The fraction of sp³-hybridized carbons (Fsp3) is 0.947. The monoisotopic (exact) mass is 597 g/mol. The van der Waals surface area contributed by atoms with Crippen LogP contribution in [-0.4, -0.2) is 62.1 Å². The Kier molecular flexibility index (Phi) is 43.8. The van der Waals surface area contributed by atoms with Gasteiger partial charge in [0.1, 0.15) is 12.1 Å². The zero-order valence-electron chi connectivity index (χ0n) is 30.5. The number of hydrogen-bond acceptors (Lipinski definition) is 4. The Hall–Kier alpha value is -0.740. The molecule has 0 rings (SSSR count). The molecule has 0 saturated carbocycles. The lowest BCUT2D eigenvalue weighted by molar-refractivity contribution is -0.117. The van der Waals surface area contributed by atoms with Crippen LogP contribution in [0.4, 0.5) is 0 Å². The molecule has 0 saturated heterocycles. The number of Topliss-reactive ketones (excluding diaryl/α,β-unsaturated/α-hetero) is 1. The second-order valence-electron chi connectivity index (χ2n) is 12.7. The molecule has 0 fully saturated rings. The number of carbonyl (C=O) groups is 2. The standard InChI is InChI=1S/C33H68N2O.C3H6O.C2H6/c1-6-7-8-9-10-11-12-15-18-21-24-28-35(30-27-32(2)31-34(4)5)29-25-22-19-16-13-14-17-20-23-26-33(3)36;1-2-3-4;1-2/h32H,6-31H2,1-5H3;3H,2H2,1H3;1-2H3. The fourth-order valence-electron chi connectivity index (χ4n) is 5.40. The second kappa shape index (κ2) is 40.3. The van der Waals surface area contributed by atoms with Crippen molar-refractivity contribution in [3.63, 3.8) is 0 Å². The third-order valence-corrected chi connectivity index (χ3v) is 7.86. The molecule has 0 aliphatic rings. The van der Waals surface area contributed by atoms with Crippen molar-refractivity contribution < 1.29 is 9.59 Å². The molecule has 0 spiro atoms. The van der Waals surface area contributed by atoms with Gasteiger partial charge in [-0.25, -0.2) is 0 Å². The Morgan fingerprint density at radius 1 is 0.619 bits per heavy atom. The Balaban J connectivity index is -0.00000232. The second-order valence-corrected chi connectivity index (χ2v) is 12.7. The van der Waals surface area contributed by atoms with Crippen LogP contribution in [-0.2, 0) is 9.59 Å². The van der Waals surface area contributed by atoms with E-state index in [2.05, 4.69) is 37.7 Å². The Morgan fingerprint density at radius 2 is 0.976 bits per heavy atom. The van der Waals surface area contributed by atoms with E-state index in [0.717, 1.165) is 25.0 Å². The average Bonchev–Trinajstić information content (AvgIpc) is 2.97. The first-order valence-corrected chi connectivity index (χ1v) is 18.7. The number of rotatable bonds is 30. The predicted molar refractivity (Wildman–Crippen MR) is 190 cm³/mol. The van der Waals surface area contributed by atoms with Crippen LogP contribution in [0.25, 0.3) is 0 Å². The molecule has 0 bridgehead atoms. The van der Waals surface area contributed by atoms with Gasteiger partial charge in [0.25, 0.3) is 0 Å². The number of unbranched alkanes of at least 4 members (excludes halogenated alkanes) is 18. The summed E-state index contributed by atoms with van der Waals surface area (Å²) in [5.41, 5.74) is 0. The van der Waals surface area contributed by atoms with Crippen LogP contribution >= 0.6 is 0 Å². The number of carbonyl (C=O) groups excluding carboxylic acids is 2. The fourth-order valence-corrected chi connectivity index (χ4v) is 5.40. The van der Waals surface area contributed by atoms with E-state index in [0.29, 0.717) is 12.2 Å². The maximum absolute atomic E-state index is 11.0. The number of ketones is 1. The lowest BCUT2D eigenvalue weighted by Crippen LogP contribution is -2.30. The first-order chi connectivity index (χ1) is 20.4. The highest BCUT2D eigenvalue weighted by atomic mass is 16.1. The average molecular weight is 597 g/mol. The van der Waals surface area contributed by atoms with Crippen LogP contribution in [0.1, 0.15) is 189 Å². The van der Waals surface area contributed by atoms with Crippen LogP contribution in [0, 0.1) is 5.92 Å². The summed E-state index contributed by atoms with van der Waals surface area (Å²) in [6.45, 7) is 17.4. The third kappa shape index (κ3) is 43.7. The Morgan fingerprint density at radius 3 is 1.31 bits per heavy atom.